The second-order valence-corrected chi connectivity index (χ2v) is 4.79. The minimum atomic E-state index is -0.140. The van der Waals surface area contributed by atoms with Gasteiger partial charge in [0.2, 0.25) is 0 Å². The Labute approximate surface area is 69.2 Å². The molecule has 0 aromatic carbocycles. The Kier molecular flexibility index (Phi) is 2.26. The van der Waals surface area contributed by atoms with Crippen LogP contribution in [0, 0.1) is 11.3 Å². The highest BCUT2D eigenvalue weighted by Gasteiger charge is 2.36. The molecule has 0 bridgehead atoms. The summed E-state index contributed by atoms with van der Waals surface area (Å²) < 4.78 is 0. The number of aliphatic hydroxyl groups excluding tert-OH is 1. The third kappa shape index (κ3) is 1.94. The van der Waals surface area contributed by atoms with E-state index in [0.717, 1.165) is 13.1 Å². The summed E-state index contributed by atoms with van der Waals surface area (Å²) in [5.74, 6) is 0.500. The number of hydrogen-bond donors (Lipinski definition) is 1. The fraction of sp³-hybridized carbons (Fsp3) is 1.00. The van der Waals surface area contributed by atoms with Crippen molar-refractivity contribution in [3.05, 3.63) is 0 Å². The molecule has 0 aliphatic carbocycles. The van der Waals surface area contributed by atoms with Gasteiger partial charge >= 0.3 is 0 Å². The molecule has 11 heavy (non-hydrogen) atoms. The molecule has 0 aromatic heterocycles. The van der Waals surface area contributed by atoms with Gasteiger partial charge in [0.25, 0.3) is 0 Å². The van der Waals surface area contributed by atoms with E-state index >= 15 is 0 Å². The van der Waals surface area contributed by atoms with Crippen molar-refractivity contribution in [3.8, 4) is 0 Å². The zero-order valence-electron chi connectivity index (χ0n) is 7.96. The highest BCUT2D eigenvalue weighted by atomic mass is 16.3. The molecule has 1 heterocycles. The Bertz CT molecular complexity index is 133. The molecular formula is C9H19NO. The second-order valence-electron chi connectivity index (χ2n) is 4.79. The number of likely N-dealkylation sites (tertiary alicyclic amines) is 1. The fourth-order valence-electron chi connectivity index (χ4n) is 1.65. The van der Waals surface area contributed by atoms with Gasteiger partial charge in [0.05, 0.1) is 6.10 Å². The molecule has 0 saturated carbocycles. The van der Waals surface area contributed by atoms with Gasteiger partial charge in [0.15, 0.2) is 0 Å². The van der Waals surface area contributed by atoms with Crippen molar-refractivity contribution in [1.29, 1.82) is 0 Å². The average molecular weight is 157 g/mol. The molecule has 0 spiro atoms. The van der Waals surface area contributed by atoms with E-state index in [4.69, 9.17) is 0 Å². The normalized spacial score (nSPS) is 24.8. The Morgan fingerprint density at radius 2 is 1.82 bits per heavy atom. The van der Waals surface area contributed by atoms with Gasteiger partial charge in [-0.2, -0.15) is 0 Å². The maximum atomic E-state index is 9.80. The molecule has 1 N–H and O–H groups in total. The molecule has 1 fully saturated rings. The summed E-state index contributed by atoms with van der Waals surface area (Å²) in [6.45, 7) is 8.39. The van der Waals surface area contributed by atoms with Crippen molar-refractivity contribution in [2.24, 2.45) is 11.3 Å². The summed E-state index contributed by atoms with van der Waals surface area (Å²) in [4.78, 5) is 2.24. The van der Waals surface area contributed by atoms with Gasteiger partial charge in [-0.1, -0.05) is 20.8 Å². The molecular weight excluding hydrogens is 138 g/mol. The first-order valence-electron chi connectivity index (χ1n) is 4.28. The first kappa shape index (κ1) is 9.01. The van der Waals surface area contributed by atoms with E-state index < -0.39 is 0 Å². The Morgan fingerprint density at radius 1 is 1.36 bits per heavy atom. The molecule has 2 heteroatoms. The van der Waals surface area contributed by atoms with Crippen LogP contribution in [0.4, 0.5) is 0 Å². The summed E-state index contributed by atoms with van der Waals surface area (Å²) in [6, 6.07) is 0. The lowest BCUT2D eigenvalue weighted by atomic mass is 9.78. The molecule has 1 aliphatic heterocycles. The monoisotopic (exact) mass is 157 g/mol. The third-order valence-electron chi connectivity index (χ3n) is 2.43. The van der Waals surface area contributed by atoms with Crippen LogP contribution in [0.3, 0.4) is 0 Å². The van der Waals surface area contributed by atoms with Gasteiger partial charge in [-0.05, 0) is 12.5 Å². The summed E-state index contributed by atoms with van der Waals surface area (Å²) in [7, 11) is 2.09. The quantitative estimate of drug-likeness (QED) is 0.612. The fourth-order valence-corrected chi connectivity index (χ4v) is 1.65. The summed E-state index contributed by atoms with van der Waals surface area (Å²) in [5, 5.41) is 9.80. The Morgan fingerprint density at radius 3 is 2.09 bits per heavy atom. The summed E-state index contributed by atoms with van der Waals surface area (Å²) >= 11 is 0. The van der Waals surface area contributed by atoms with Crippen LogP contribution >= 0.6 is 0 Å². The van der Waals surface area contributed by atoms with E-state index in [1.165, 1.54) is 0 Å². The van der Waals surface area contributed by atoms with Gasteiger partial charge in [-0.3, -0.25) is 0 Å². The smallest absolute Gasteiger partial charge is 0.0641 e. The third-order valence-corrected chi connectivity index (χ3v) is 2.43. The maximum absolute atomic E-state index is 9.80. The van der Waals surface area contributed by atoms with Crippen molar-refractivity contribution in [2.75, 3.05) is 20.1 Å². The largest absolute Gasteiger partial charge is 0.392 e. The van der Waals surface area contributed by atoms with Gasteiger partial charge in [-0.25, -0.2) is 0 Å². The Hall–Kier alpha value is -0.0800. The minimum Gasteiger partial charge on any atom is -0.392 e. The molecule has 2 nitrogen and oxygen atoms in total. The number of rotatable bonds is 1. The molecule has 1 rings (SSSR count). The van der Waals surface area contributed by atoms with E-state index in [9.17, 15) is 5.11 Å². The van der Waals surface area contributed by atoms with E-state index in [2.05, 4.69) is 32.7 Å². The SMILES string of the molecule is CN1CC([C@@H](O)C(C)(C)C)C1. The van der Waals surface area contributed by atoms with Gasteiger partial charge in [0, 0.05) is 19.0 Å². The molecule has 66 valence electrons. The molecule has 0 radical (unpaired) electrons. The molecule has 1 saturated heterocycles. The van der Waals surface area contributed by atoms with Gasteiger partial charge in [0.1, 0.15) is 0 Å². The first-order chi connectivity index (χ1) is 4.91. The van der Waals surface area contributed by atoms with Crippen molar-refractivity contribution < 1.29 is 5.11 Å². The zero-order valence-corrected chi connectivity index (χ0v) is 7.96. The highest BCUT2D eigenvalue weighted by molar-refractivity contribution is 4.88. The van der Waals surface area contributed by atoms with E-state index in [1.807, 2.05) is 0 Å². The minimum absolute atomic E-state index is 0.0475. The second kappa shape index (κ2) is 2.76. The van der Waals surface area contributed by atoms with Crippen LogP contribution in [-0.4, -0.2) is 36.2 Å². The molecule has 1 aliphatic rings. The van der Waals surface area contributed by atoms with Crippen LogP contribution in [-0.2, 0) is 0 Å². The van der Waals surface area contributed by atoms with Crippen LogP contribution in [0.2, 0.25) is 0 Å². The lowest BCUT2D eigenvalue weighted by Crippen LogP contribution is -2.53. The van der Waals surface area contributed by atoms with Crippen LogP contribution in [0.15, 0.2) is 0 Å². The van der Waals surface area contributed by atoms with Crippen molar-refractivity contribution in [2.45, 2.75) is 26.9 Å². The number of nitrogens with zero attached hydrogens (tertiary/aromatic N) is 1. The summed E-state index contributed by atoms with van der Waals surface area (Å²) in [6.07, 6.45) is -0.140. The van der Waals surface area contributed by atoms with Crippen molar-refractivity contribution in [1.82, 2.24) is 4.90 Å². The summed E-state index contributed by atoms with van der Waals surface area (Å²) in [5.41, 5.74) is 0.0475. The van der Waals surface area contributed by atoms with Gasteiger partial charge in [-0.15, -0.1) is 0 Å². The van der Waals surface area contributed by atoms with E-state index in [1.54, 1.807) is 0 Å². The highest BCUT2D eigenvalue weighted by Crippen LogP contribution is 2.29. The first-order valence-corrected chi connectivity index (χ1v) is 4.28. The number of aliphatic hydroxyl groups is 1. The van der Waals surface area contributed by atoms with Crippen molar-refractivity contribution >= 4 is 0 Å². The zero-order chi connectivity index (χ0) is 8.65. The van der Waals surface area contributed by atoms with Gasteiger partial charge < -0.3 is 10.0 Å². The van der Waals surface area contributed by atoms with Crippen LogP contribution in [0.25, 0.3) is 0 Å². The Balaban J connectivity index is 2.38. The molecule has 0 unspecified atom stereocenters. The molecule has 1 atom stereocenters. The maximum Gasteiger partial charge on any atom is 0.0641 e. The predicted molar refractivity (Wildman–Crippen MR) is 46.4 cm³/mol. The van der Waals surface area contributed by atoms with E-state index in [0.29, 0.717) is 5.92 Å². The predicted octanol–water partition coefficient (Wildman–Crippen LogP) is 0.955. The van der Waals surface area contributed by atoms with Crippen LogP contribution in [0.5, 0.6) is 0 Å². The van der Waals surface area contributed by atoms with E-state index in [-0.39, 0.29) is 11.5 Å². The topological polar surface area (TPSA) is 23.5 Å². The van der Waals surface area contributed by atoms with Crippen LogP contribution in [0.1, 0.15) is 20.8 Å². The molecule has 0 aromatic rings. The lowest BCUT2D eigenvalue weighted by molar-refractivity contribution is -0.0487. The number of hydrogen-bond acceptors (Lipinski definition) is 2. The average Bonchev–Trinajstić information content (AvgIpc) is 1.77. The molecule has 0 amide bonds. The lowest BCUT2D eigenvalue weighted by Gasteiger charge is -2.43. The standard InChI is InChI=1S/C9H19NO/c1-9(2,3)8(11)7-5-10(4)6-7/h7-8,11H,5-6H2,1-4H3/t8-/m1/s1. The van der Waals surface area contributed by atoms with Crippen molar-refractivity contribution in [3.63, 3.8) is 0 Å². The van der Waals surface area contributed by atoms with Crippen LogP contribution < -0.4 is 0 Å².